The van der Waals surface area contributed by atoms with Crippen LogP contribution < -0.4 is 20.5 Å². The monoisotopic (exact) mass is 352 g/mol. The van der Waals surface area contributed by atoms with Crippen LogP contribution in [0.3, 0.4) is 0 Å². The summed E-state index contributed by atoms with van der Waals surface area (Å²) in [6.45, 7) is 0.0207. The molecule has 1 aromatic heterocycles. The molecule has 3 aromatic rings. The number of nitro benzene ring substituents is 1. The number of nitrogens with zero attached hydrogens (tertiary/aromatic N) is 4. The molecule has 0 saturated heterocycles. The second kappa shape index (κ2) is 5.09. The van der Waals surface area contributed by atoms with E-state index in [1.807, 2.05) is 24.3 Å². The van der Waals surface area contributed by atoms with Gasteiger partial charge in [0, 0.05) is 0 Å². The molecule has 0 aliphatic carbocycles. The molecule has 10 nitrogen and oxygen atoms in total. The fourth-order valence-corrected chi connectivity index (χ4v) is 3.24. The third-order valence-corrected chi connectivity index (χ3v) is 4.34. The summed E-state index contributed by atoms with van der Waals surface area (Å²) < 4.78 is 12.4. The summed E-state index contributed by atoms with van der Waals surface area (Å²) >= 11 is 0. The maximum Gasteiger partial charge on any atom is 0.280 e. The number of aromatic nitrogens is 2. The van der Waals surface area contributed by atoms with Crippen molar-refractivity contribution in [2.24, 2.45) is 10.7 Å². The lowest BCUT2D eigenvalue weighted by atomic mass is 10.1. The number of fused-ring (bicyclic) bond motifs is 4. The average molecular weight is 352 g/mol. The molecule has 130 valence electrons. The minimum atomic E-state index is -0.756. The molecule has 2 aromatic carbocycles. The fourth-order valence-electron chi connectivity index (χ4n) is 3.24. The van der Waals surface area contributed by atoms with Gasteiger partial charge in [0.05, 0.1) is 27.6 Å². The number of imidazole rings is 1. The second-order valence-corrected chi connectivity index (χ2v) is 5.83. The topological polar surface area (TPSA) is 130 Å². The van der Waals surface area contributed by atoms with Crippen LogP contribution in [0.15, 0.2) is 41.4 Å². The zero-order chi connectivity index (χ0) is 17.8. The van der Waals surface area contributed by atoms with Gasteiger partial charge in [0.15, 0.2) is 23.6 Å². The number of benzene rings is 2. The number of nitrogens with two attached hydrogens (primary N) is 1. The van der Waals surface area contributed by atoms with Crippen LogP contribution in [-0.2, 0) is 0 Å². The molecule has 0 saturated carbocycles. The van der Waals surface area contributed by atoms with E-state index in [0.29, 0.717) is 23.0 Å². The number of rotatable bonds is 2. The van der Waals surface area contributed by atoms with Crippen LogP contribution >= 0.6 is 0 Å². The third kappa shape index (κ3) is 1.98. The summed E-state index contributed by atoms with van der Waals surface area (Å²) in [4.78, 5) is 20.1. The third-order valence-electron chi connectivity index (χ3n) is 4.34. The lowest BCUT2D eigenvalue weighted by molar-refractivity contribution is -0.385. The Balaban J connectivity index is 1.79. The SMILES string of the molecule is NC1=N[C@H](c2cc3c(cc2[N+](=O)[O-])OCO3)n2c(nc3ccccc32)N1. The highest BCUT2D eigenvalue weighted by atomic mass is 16.7. The lowest BCUT2D eigenvalue weighted by Gasteiger charge is -2.23. The predicted molar refractivity (Wildman–Crippen MR) is 92.3 cm³/mol. The summed E-state index contributed by atoms with van der Waals surface area (Å²) in [7, 11) is 0. The average Bonchev–Trinajstić information content (AvgIpc) is 3.23. The van der Waals surface area contributed by atoms with Crippen molar-refractivity contribution in [3.05, 3.63) is 52.1 Å². The van der Waals surface area contributed by atoms with Crippen LogP contribution in [0.1, 0.15) is 11.7 Å². The van der Waals surface area contributed by atoms with Crippen molar-refractivity contribution in [3.63, 3.8) is 0 Å². The summed E-state index contributed by atoms with van der Waals surface area (Å²) in [6.07, 6.45) is -0.756. The first kappa shape index (κ1) is 14.5. The van der Waals surface area contributed by atoms with Crippen LogP contribution in [-0.4, -0.2) is 27.2 Å². The van der Waals surface area contributed by atoms with Crippen molar-refractivity contribution in [3.8, 4) is 11.5 Å². The number of para-hydroxylation sites is 2. The van der Waals surface area contributed by atoms with Crippen LogP contribution in [0.5, 0.6) is 11.5 Å². The number of ether oxygens (including phenoxy) is 2. The van der Waals surface area contributed by atoms with E-state index in [4.69, 9.17) is 15.2 Å². The molecule has 3 heterocycles. The van der Waals surface area contributed by atoms with Gasteiger partial charge in [-0.2, -0.15) is 0 Å². The van der Waals surface area contributed by atoms with E-state index >= 15 is 0 Å². The molecule has 0 spiro atoms. The fraction of sp³-hybridized carbons (Fsp3) is 0.125. The van der Waals surface area contributed by atoms with Crippen LogP contribution in [0.2, 0.25) is 0 Å². The highest BCUT2D eigenvalue weighted by Gasteiger charge is 2.33. The Morgan fingerprint density at radius 2 is 2.04 bits per heavy atom. The lowest BCUT2D eigenvalue weighted by Crippen LogP contribution is -2.31. The molecule has 0 amide bonds. The summed E-state index contributed by atoms with van der Waals surface area (Å²) in [5, 5.41) is 14.6. The van der Waals surface area contributed by atoms with E-state index in [-0.39, 0.29) is 18.4 Å². The Kier molecular flexibility index (Phi) is 2.84. The van der Waals surface area contributed by atoms with Crippen molar-refractivity contribution in [2.75, 3.05) is 12.1 Å². The molecular formula is C16H12N6O4. The minimum Gasteiger partial charge on any atom is -0.454 e. The maximum atomic E-state index is 11.6. The van der Waals surface area contributed by atoms with Gasteiger partial charge in [0.2, 0.25) is 12.7 Å². The van der Waals surface area contributed by atoms with E-state index in [2.05, 4.69) is 15.3 Å². The predicted octanol–water partition coefficient (Wildman–Crippen LogP) is 1.96. The maximum absolute atomic E-state index is 11.6. The normalized spacial score (nSPS) is 17.5. The molecule has 2 aliphatic rings. The molecule has 0 fully saturated rings. The number of nitro groups is 1. The molecule has 0 unspecified atom stereocenters. The summed E-state index contributed by atoms with van der Waals surface area (Å²) in [5.74, 6) is 1.37. The minimum absolute atomic E-state index is 0.0207. The number of nitrogens with one attached hydrogen (secondary N) is 1. The molecule has 1 atom stereocenters. The Morgan fingerprint density at radius 3 is 2.85 bits per heavy atom. The van der Waals surface area contributed by atoms with Crippen molar-refractivity contribution in [2.45, 2.75) is 6.17 Å². The zero-order valence-corrected chi connectivity index (χ0v) is 13.2. The second-order valence-electron chi connectivity index (χ2n) is 5.83. The number of anilines is 1. The Bertz CT molecular complexity index is 1110. The Hall–Kier alpha value is -3.82. The Labute approximate surface area is 146 Å². The van der Waals surface area contributed by atoms with Gasteiger partial charge < -0.3 is 15.2 Å². The molecule has 0 bridgehead atoms. The van der Waals surface area contributed by atoms with Crippen molar-refractivity contribution in [1.29, 1.82) is 0 Å². The van der Waals surface area contributed by atoms with Crippen molar-refractivity contribution >= 4 is 28.6 Å². The van der Waals surface area contributed by atoms with Crippen molar-refractivity contribution in [1.82, 2.24) is 9.55 Å². The summed E-state index contributed by atoms with van der Waals surface area (Å²) in [5.41, 5.74) is 7.63. The number of guanidine groups is 1. The van der Waals surface area contributed by atoms with Gasteiger partial charge in [0.25, 0.3) is 5.69 Å². The van der Waals surface area contributed by atoms with Gasteiger partial charge in [0.1, 0.15) is 0 Å². The van der Waals surface area contributed by atoms with Gasteiger partial charge in [-0.15, -0.1) is 0 Å². The van der Waals surface area contributed by atoms with E-state index in [1.54, 1.807) is 10.6 Å². The molecular weight excluding hydrogens is 340 g/mol. The van der Waals surface area contributed by atoms with E-state index in [1.165, 1.54) is 6.07 Å². The number of hydrogen-bond acceptors (Lipinski definition) is 8. The van der Waals surface area contributed by atoms with Crippen molar-refractivity contribution < 1.29 is 14.4 Å². The molecule has 5 rings (SSSR count). The molecule has 2 aliphatic heterocycles. The quantitative estimate of drug-likeness (QED) is 0.532. The first-order valence-corrected chi connectivity index (χ1v) is 7.77. The highest BCUT2D eigenvalue weighted by molar-refractivity contribution is 5.94. The van der Waals surface area contributed by atoms with Gasteiger partial charge >= 0.3 is 0 Å². The standard InChI is InChI=1S/C16H12N6O4/c17-15-19-14(21-10-4-2-1-3-9(10)18-16(21)20-15)8-5-12-13(26-7-25-12)6-11(8)22(23)24/h1-6,14H,7H2,(H3,17,18,19,20)/t14-/m0/s1. The highest BCUT2D eigenvalue weighted by Crippen LogP contribution is 2.43. The number of aliphatic imine (C=N–C) groups is 1. The Morgan fingerprint density at radius 1 is 1.27 bits per heavy atom. The van der Waals surface area contributed by atoms with Gasteiger partial charge in [-0.3, -0.25) is 20.0 Å². The largest absolute Gasteiger partial charge is 0.454 e. The van der Waals surface area contributed by atoms with Crippen LogP contribution in [0.4, 0.5) is 11.6 Å². The van der Waals surface area contributed by atoms with Crippen LogP contribution in [0, 0.1) is 10.1 Å². The molecule has 3 N–H and O–H groups in total. The smallest absolute Gasteiger partial charge is 0.280 e. The van der Waals surface area contributed by atoms with Crippen LogP contribution in [0.25, 0.3) is 11.0 Å². The number of hydrogen-bond donors (Lipinski definition) is 2. The first-order valence-electron chi connectivity index (χ1n) is 7.77. The molecule has 0 radical (unpaired) electrons. The van der Waals surface area contributed by atoms with E-state index in [0.717, 1.165) is 11.0 Å². The van der Waals surface area contributed by atoms with Gasteiger partial charge in [-0.1, -0.05) is 12.1 Å². The van der Waals surface area contributed by atoms with Gasteiger partial charge in [-0.25, -0.2) is 9.98 Å². The zero-order valence-electron chi connectivity index (χ0n) is 13.2. The summed E-state index contributed by atoms with van der Waals surface area (Å²) in [6, 6.07) is 10.4. The van der Waals surface area contributed by atoms with E-state index < -0.39 is 11.1 Å². The first-order chi connectivity index (χ1) is 12.6. The molecule has 26 heavy (non-hydrogen) atoms. The molecule has 10 heteroatoms. The van der Waals surface area contributed by atoms with E-state index in [9.17, 15) is 10.1 Å². The van der Waals surface area contributed by atoms with Gasteiger partial charge in [-0.05, 0) is 18.2 Å².